The van der Waals surface area contributed by atoms with Gasteiger partial charge in [-0.25, -0.2) is 9.97 Å². The first-order valence-corrected chi connectivity index (χ1v) is 10.3. The fraction of sp³-hybridized carbons (Fsp3) is 0.158. The van der Waals surface area contributed by atoms with Gasteiger partial charge >= 0.3 is 0 Å². The summed E-state index contributed by atoms with van der Waals surface area (Å²) < 4.78 is 2.27. The van der Waals surface area contributed by atoms with Crippen LogP contribution in [0.15, 0.2) is 71.1 Å². The minimum Gasteiger partial charge on any atom is -0.297 e. The highest BCUT2D eigenvalue weighted by atomic mass is 32.2. The molecule has 0 amide bonds. The number of benzene rings is 2. The molecule has 2 aromatic heterocycles. The first-order valence-electron chi connectivity index (χ1n) is 8.36. The number of fused-ring (bicyclic) bond motifs is 2. The Balaban J connectivity index is 1.43. The van der Waals surface area contributed by atoms with Crippen LogP contribution in [0, 0.1) is 0 Å². The van der Waals surface area contributed by atoms with Gasteiger partial charge < -0.3 is 0 Å². The second-order valence-corrected chi connectivity index (χ2v) is 8.01. The van der Waals surface area contributed by atoms with Crippen molar-refractivity contribution in [2.24, 2.45) is 0 Å². The van der Waals surface area contributed by atoms with Crippen molar-refractivity contribution >= 4 is 34.4 Å². The Morgan fingerprint density at radius 3 is 2.77 bits per heavy atom. The van der Waals surface area contributed by atoms with Gasteiger partial charge in [0, 0.05) is 22.5 Å². The number of hydrogen-bond donors (Lipinski definition) is 0. The molecular weight excluding hydrogens is 362 g/mol. The predicted molar refractivity (Wildman–Crippen MR) is 105 cm³/mol. The molecular formula is C19H15N5S2. The lowest BCUT2D eigenvalue weighted by Crippen LogP contribution is -2.11. The lowest BCUT2D eigenvalue weighted by atomic mass is 10.2. The van der Waals surface area contributed by atoms with E-state index in [0.29, 0.717) is 6.04 Å². The van der Waals surface area contributed by atoms with E-state index in [1.807, 2.05) is 36.4 Å². The molecule has 0 fully saturated rings. The minimum absolute atomic E-state index is 0.346. The normalized spacial score (nSPS) is 16.1. The molecule has 0 radical (unpaired) electrons. The molecule has 128 valence electrons. The van der Waals surface area contributed by atoms with Crippen LogP contribution < -0.4 is 0 Å². The van der Waals surface area contributed by atoms with E-state index in [1.54, 1.807) is 29.9 Å². The Hall–Kier alpha value is -2.38. The van der Waals surface area contributed by atoms with Gasteiger partial charge in [-0.3, -0.25) is 4.57 Å². The number of hydrogen-bond acceptors (Lipinski definition) is 6. The molecule has 7 heteroatoms. The molecule has 26 heavy (non-hydrogen) atoms. The van der Waals surface area contributed by atoms with Crippen molar-refractivity contribution in [3.63, 3.8) is 0 Å². The molecule has 0 spiro atoms. The largest absolute Gasteiger partial charge is 0.297 e. The number of thioether (sulfide) groups is 2. The molecule has 1 aliphatic heterocycles. The molecule has 0 saturated heterocycles. The average Bonchev–Trinajstić information content (AvgIpc) is 3.29. The van der Waals surface area contributed by atoms with Gasteiger partial charge in [-0.1, -0.05) is 60.3 Å². The van der Waals surface area contributed by atoms with Crippen LogP contribution in [0.5, 0.6) is 0 Å². The lowest BCUT2D eigenvalue weighted by Gasteiger charge is -2.14. The third-order valence-corrected chi connectivity index (χ3v) is 6.62. The molecule has 0 aliphatic carbocycles. The molecule has 5 rings (SSSR count). The van der Waals surface area contributed by atoms with Crippen LogP contribution in [0.1, 0.15) is 6.04 Å². The average molecular weight is 377 g/mol. The molecule has 0 bridgehead atoms. The van der Waals surface area contributed by atoms with E-state index < -0.39 is 0 Å². The Bertz CT molecular complexity index is 1060. The van der Waals surface area contributed by atoms with Crippen molar-refractivity contribution < 1.29 is 0 Å². The topological polar surface area (TPSA) is 56.5 Å². The number of rotatable bonds is 4. The van der Waals surface area contributed by atoms with Gasteiger partial charge in [0.05, 0.1) is 11.6 Å². The first-order chi connectivity index (χ1) is 12.9. The van der Waals surface area contributed by atoms with Crippen molar-refractivity contribution in [1.29, 1.82) is 0 Å². The van der Waals surface area contributed by atoms with E-state index in [0.717, 1.165) is 44.0 Å². The predicted octanol–water partition coefficient (Wildman–Crippen LogP) is 4.33. The van der Waals surface area contributed by atoms with Crippen molar-refractivity contribution in [2.75, 3.05) is 11.5 Å². The summed E-state index contributed by atoms with van der Waals surface area (Å²) in [5.74, 6) is 2.89. The molecule has 4 aromatic rings. The van der Waals surface area contributed by atoms with Gasteiger partial charge in [-0.2, -0.15) is 0 Å². The molecule has 0 unspecified atom stereocenters. The Labute approximate surface area is 159 Å². The van der Waals surface area contributed by atoms with E-state index in [9.17, 15) is 0 Å². The van der Waals surface area contributed by atoms with E-state index >= 15 is 0 Å². The van der Waals surface area contributed by atoms with Crippen LogP contribution in [-0.2, 0) is 0 Å². The van der Waals surface area contributed by atoms with Crippen molar-refractivity contribution in [3.05, 3.63) is 60.9 Å². The zero-order chi connectivity index (χ0) is 17.3. The fourth-order valence-corrected chi connectivity index (χ4v) is 5.42. The Kier molecular flexibility index (Phi) is 4.10. The summed E-state index contributed by atoms with van der Waals surface area (Å²) >= 11 is 3.55. The van der Waals surface area contributed by atoms with E-state index in [-0.39, 0.29) is 0 Å². The summed E-state index contributed by atoms with van der Waals surface area (Å²) in [6.45, 7) is 0. The van der Waals surface area contributed by atoms with Gasteiger partial charge in [0.2, 0.25) is 0 Å². The molecule has 0 saturated carbocycles. The molecule has 1 atom stereocenters. The summed E-state index contributed by atoms with van der Waals surface area (Å²) in [6, 6.07) is 18.8. The quantitative estimate of drug-likeness (QED) is 0.390. The van der Waals surface area contributed by atoms with Crippen molar-refractivity contribution in [2.45, 2.75) is 16.2 Å². The highest BCUT2D eigenvalue weighted by Crippen LogP contribution is 2.39. The first kappa shape index (κ1) is 15.8. The third-order valence-electron chi connectivity index (χ3n) is 4.39. The van der Waals surface area contributed by atoms with Gasteiger partial charge in [-0.05, 0) is 6.07 Å². The van der Waals surface area contributed by atoms with Crippen LogP contribution >= 0.6 is 23.5 Å². The van der Waals surface area contributed by atoms with E-state index in [1.165, 1.54) is 0 Å². The summed E-state index contributed by atoms with van der Waals surface area (Å²) in [5.41, 5.74) is 2.09. The number of para-hydroxylation sites is 1. The lowest BCUT2D eigenvalue weighted by molar-refractivity contribution is 0.597. The molecule has 2 aromatic carbocycles. The van der Waals surface area contributed by atoms with Gasteiger partial charge in [0.1, 0.15) is 11.4 Å². The second-order valence-electron chi connectivity index (χ2n) is 6.01. The van der Waals surface area contributed by atoms with Gasteiger partial charge in [0.15, 0.2) is 11.0 Å². The SMILES string of the molecule is c1ccc(-c2nnc3n2[C@@H](CSc2ncnc4ccccc24)CS3)cc1. The second kappa shape index (κ2) is 6.74. The molecule has 3 heterocycles. The van der Waals surface area contributed by atoms with Crippen LogP contribution in [0.3, 0.4) is 0 Å². The van der Waals surface area contributed by atoms with Gasteiger partial charge in [-0.15, -0.1) is 22.0 Å². The molecule has 0 N–H and O–H groups in total. The highest BCUT2D eigenvalue weighted by Gasteiger charge is 2.28. The number of nitrogens with zero attached hydrogens (tertiary/aromatic N) is 5. The monoisotopic (exact) mass is 377 g/mol. The zero-order valence-electron chi connectivity index (χ0n) is 13.8. The number of aromatic nitrogens is 5. The van der Waals surface area contributed by atoms with Crippen LogP contribution in [0.2, 0.25) is 0 Å². The maximum Gasteiger partial charge on any atom is 0.191 e. The van der Waals surface area contributed by atoms with Crippen LogP contribution in [-0.4, -0.2) is 36.2 Å². The minimum atomic E-state index is 0.346. The van der Waals surface area contributed by atoms with E-state index in [4.69, 9.17) is 0 Å². The van der Waals surface area contributed by atoms with Gasteiger partial charge in [0.25, 0.3) is 0 Å². The molecule has 1 aliphatic rings. The van der Waals surface area contributed by atoms with Crippen LogP contribution in [0.4, 0.5) is 0 Å². The highest BCUT2D eigenvalue weighted by molar-refractivity contribution is 8.00. The third kappa shape index (κ3) is 2.77. The Morgan fingerprint density at radius 1 is 1.00 bits per heavy atom. The maximum atomic E-state index is 4.50. The molecule has 5 nitrogen and oxygen atoms in total. The Morgan fingerprint density at radius 2 is 1.85 bits per heavy atom. The van der Waals surface area contributed by atoms with Crippen molar-refractivity contribution in [1.82, 2.24) is 24.7 Å². The summed E-state index contributed by atoms with van der Waals surface area (Å²) in [7, 11) is 0. The van der Waals surface area contributed by atoms with Crippen LogP contribution in [0.25, 0.3) is 22.3 Å². The van der Waals surface area contributed by atoms with E-state index in [2.05, 4.69) is 42.9 Å². The fourth-order valence-electron chi connectivity index (χ4n) is 3.13. The standard InChI is InChI=1S/C19H15N5S2/c1-2-6-13(7-3-1)17-22-23-19-24(17)14(11-26-19)10-25-18-15-8-4-5-9-16(15)20-12-21-18/h1-9,12,14H,10-11H2/t14-/m0/s1. The van der Waals surface area contributed by atoms with Crippen molar-refractivity contribution in [3.8, 4) is 11.4 Å². The smallest absolute Gasteiger partial charge is 0.191 e. The summed E-state index contributed by atoms with van der Waals surface area (Å²) in [6.07, 6.45) is 1.65. The maximum absolute atomic E-state index is 4.50. The summed E-state index contributed by atoms with van der Waals surface area (Å²) in [5, 5.41) is 11.9. The summed E-state index contributed by atoms with van der Waals surface area (Å²) in [4.78, 5) is 8.85. The zero-order valence-corrected chi connectivity index (χ0v) is 15.5.